The molecule has 1 N–H and O–H groups in total. The van der Waals surface area contributed by atoms with E-state index >= 15 is 0 Å². The van der Waals surface area contributed by atoms with Crippen molar-refractivity contribution in [3.8, 4) is 17.6 Å². The van der Waals surface area contributed by atoms with Crippen LogP contribution in [0.1, 0.15) is 17.5 Å². The summed E-state index contributed by atoms with van der Waals surface area (Å²) in [6.07, 6.45) is 0.404. The third-order valence-electron chi connectivity index (χ3n) is 2.70. The zero-order valence-electron chi connectivity index (χ0n) is 11.3. The zero-order chi connectivity index (χ0) is 15.1. The van der Waals surface area contributed by atoms with Crippen molar-refractivity contribution in [1.82, 2.24) is 0 Å². The van der Waals surface area contributed by atoms with E-state index in [1.165, 1.54) is 6.07 Å². The molecule has 0 atom stereocenters. The summed E-state index contributed by atoms with van der Waals surface area (Å²) in [7, 11) is 0. The fourth-order valence-corrected chi connectivity index (χ4v) is 1.74. The Labute approximate surface area is 122 Å². The van der Waals surface area contributed by atoms with E-state index in [9.17, 15) is 8.78 Å². The molecular weight excluding hydrogens is 274 g/mol. The molecule has 0 heterocycles. The molecule has 2 aromatic rings. The lowest BCUT2D eigenvalue weighted by Crippen LogP contribution is -2.00. The van der Waals surface area contributed by atoms with Gasteiger partial charge in [-0.1, -0.05) is 30.0 Å². The van der Waals surface area contributed by atoms with E-state index in [0.717, 1.165) is 23.3 Å². The summed E-state index contributed by atoms with van der Waals surface area (Å²) >= 11 is 0. The van der Waals surface area contributed by atoms with Crippen molar-refractivity contribution < 1.29 is 18.6 Å². The second-order valence-corrected chi connectivity index (χ2v) is 4.32. The first kappa shape index (κ1) is 15.0. The molecule has 0 radical (unpaired) electrons. The molecule has 0 bridgehead atoms. The van der Waals surface area contributed by atoms with Gasteiger partial charge in [-0.05, 0) is 29.8 Å². The molecule has 0 aliphatic carbocycles. The Bertz CT molecular complexity index is 652. The zero-order valence-corrected chi connectivity index (χ0v) is 11.3. The first-order valence-corrected chi connectivity index (χ1v) is 6.46. The average Bonchev–Trinajstić information content (AvgIpc) is 2.47. The third-order valence-corrected chi connectivity index (χ3v) is 2.70. The van der Waals surface area contributed by atoms with Crippen molar-refractivity contribution in [2.45, 2.75) is 13.0 Å². The highest BCUT2D eigenvalue weighted by Gasteiger charge is 2.09. The van der Waals surface area contributed by atoms with Gasteiger partial charge in [0.25, 0.3) is 0 Å². The molecule has 0 fully saturated rings. The van der Waals surface area contributed by atoms with Crippen molar-refractivity contribution in [2.75, 3.05) is 6.61 Å². The van der Waals surface area contributed by atoms with E-state index in [4.69, 9.17) is 9.84 Å². The summed E-state index contributed by atoms with van der Waals surface area (Å²) in [6, 6.07) is 10.8. The summed E-state index contributed by atoms with van der Waals surface area (Å²) in [4.78, 5) is 0. The predicted molar refractivity (Wildman–Crippen MR) is 75.7 cm³/mol. The van der Waals surface area contributed by atoms with Crippen LogP contribution in [0.5, 0.6) is 5.75 Å². The summed E-state index contributed by atoms with van der Waals surface area (Å²) in [5.74, 6) is 3.87. The number of rotatable bonds is 4. The number of hydrogen-bond acceptors (Lipinski definition) is 2. The molecule has 0 aliphatic rings. The number of para-hydroxylation sites is 1. The molecule has 0 unspecified atom stereocenters. The van der Waals surface area contributed by atoms with E-state index in [-0.39, 0.29) is 19.0 Å². The van der Waals surface area contributed by atoms with E-state index in [2.05, 4.69) is 11.8 Å². The van der Waals surface area contributed by atoms with Crippen molar-refractivity contribution >= 4 is 0 Å². The van der Waals surface area contributed by atoms with Gasteiger partial charge in [0.05, 0.1) is 6.61 Å². The Morgan fingerprint density at radius 3 is 2.48 bits per heavy atom. The third kappa shape index (κ3) is 4.30. The maximum Gasteiger partial charge on any atom is 0.191 e. The van der Waals surface area contributed by atoms with Crippen LogP contribution < -0.4 is 4.74 Å². The number of hydrogen-bond donors (Lipinski definition) is 1. The van der Waals surface area contributed by atoms with Gasteiger partial charge in [0.1, 0.15) is 6.61 Å². The van der Waals surface area contributed by atoms with Crippen LogP contribution in [0, 0.1) is 23.5 Å². The Hall–Kier alpha value is -2.38. The van der Waals surface area contributed by atoms with Gasteiger partial charge in [0.15, 0.2) is 17.4 Å². The van der Waals surface area contributed by atoms with E-state index in [1.54, 1.807) is 18.2 Å². The molecule has 0 aromatic heterocycles. The van der Waals surface area contributed by atoms with Crippen molar-refractivity contribution in [2.24, 2.45) is 0 Å². The molecule has 4 heteroatoms. The van der Waals surface area contributed by atoms with E-state index in [1.807, 2.05) is 6.07 Å². The lowest BCUT2D eigenvalue weighted by atomic mass is 10.1. The molecule has 0 amide bonds. The number of aliphatic hydroxyl groups is 1. The molecule has 21 heavy (non-hydrogen) atoms. The second-order valence-electron chi connectivity index (χ2n) is 4.32. The van der Waals surface area contributed by atoms with Gasteiger partial charge in [-0.3, -0.25) is 0 Å². The minimum Gasteiger partial charge on any atom is -0.483 e. The smallest absolute Gasteiger partial charge is 0.191 e. The summed E-state index contributed by atoms with van der Waals surface area (Å²) < 4.78 is 32.1. The fourth-order valence-electron chi connectivity index (χ4n) is 1.74. The van der Waals surface area contributed by atoms with E-state index in [0.29, 0.717) is 6.42 Å². The van der Waals surface area contributed by atoms with Crippen LogP contribution in [0.25, 0.3) is 0 Å². The maximum absolute atomic E-state index is 13.4. The van der Waals surface area contributed by atoms with Crippen LogP contribution in [-0.4, -0.2) is 11.7 Å². The lowest BCUT2D eigenvalue weighted by molar-refractivity contribution is 0.274. The topological polar surface area (TPSA) is 29.5 Å². The fraction of sp³-hybridized carbons (Fsp3) is 0.176. The van der Waals surface area contributed by atoms with E-state index < -0.39 is 11.6 Å². The summed E-state index contributed by atoms with van der Waals surface area (Å²) in [5, 5.41) is 8.67. The Kier molecular flexibility index (Phi) is 5.30. The molecule has 0 spiro atoms. The highest BCUT2D eigenvalue weighted by molar-refractivity contribution is 5.37. The molecule has 2 aromatic carbocycles. The van der Waals surface area contributed by atoms with Crippen LogP contribution in [0.3, 0.4) is 0 Å². The van der Waals surface area contributed by atoms with Crippen molar-refractivity contribution in [1.29, 1.82) is 0 Å². The molecule has 2 nitrogen and oxygen atoms in total. The van der Waals surface area contributed by atoms with Crippen molar-refractivity contribution in [3.63, 3.8) is 0 Å². The number of benzene rings is 2. The first-order chi connectivity index (χ1) is 10.2. The van der Waals surface area contributed by atoms with Crippen molar-refractivity contribution in [3.05, 3.63) is 65.2 Å². The number of ether oxygens (including phenoxy) is 1. The molecule has 0 saturated heterocycles. The summed E-state index contributed by atoms with van der Waals surface area (Å²) in [6.45, 7) is 0.0652. The highest BCUT2D eigenvalue weighted by Crippen LogP contribution is 2.22. The molecule has 0 aliphatic heterocycles. The maximum atomic E-state index is 13.4. The quantitative estimate of drug-likeness (QED) is 0.875. The Morgan fingerprint density at radius 2 is 1.76 bits per heavy atom. The standard InChI is InChI=1S/C17H14F2O2/c18-15-8-4-9-16(19)17(15)21-12-14-7-3-6-13(11-14)5-1-2-10-20/h3-4,6-9,11,20H,2,10,12H2. The van der Waals surface area contributed by atoms with Crippen LogP contribution in [0.4, 0.5) is 8.78 Å². The molecule has 108 valence electrons. The highest BCUT2D eigenvalue weighted by atomic mass is 19.1. The van der Waals surface area contributed by atoms with Crippen LogP contribution in [-0.2, 0) is 6.61 Å². The van der Waals surface area contributed by atoms with Crippen LogP contribution in [0.15, 0.2) is 42.5 Å². The largest absolute Gasteiger partial charge is 0.483 e. The predicted octanol–water partition coefficient (Wildman–Crippen LogP) is 3.28. The molecular formula is C17H14F2O2. The lowest BCUT2D eigenvalue weighted by Gasteiger charge is -2.08. The van der Waals surface area contributed by atoms with Crippen LogP contribution in [0.2, 0.25) is 0 Å². The molecule has 2 rings (SSSR count). The van der Waals surface area contributed by atoms with Gasteiger partial charge in [-0.2, -0.15) is 0 Å². The molecule has 0 saturated carbocycles. The first-order valence-electron chi connectivity index (χ1n) is 6.46. The summed E-state index contributed by atoms with van der Waals surface area (Å²) in [5.41, 5.74) is 1.52. The van der Waals surface area contributed by atoms with Gasteiger partial charge < -0.3 is 9.84 Å². The Morgan fingerprint density at radius 1 is 1.05 bits per heavy atom. The minimum atomic E-state index is -0.728. The average molecular weight is 288 g/mol. The monoisotopic (exact) mass is 288 g/mol. The van der Waals surface area contributed by atoms with Crippen LogP contribution >= 0.6 is 0 Å². The minimum absolute atomic E-state index is 0.0162. The normalized spacial score (nSPS) is 9.86. The van der Waals surface area contributed by atoms with Gasteiger partial charge in [-0.15, -0.1) is 0 Å². The Balaban J connectivity index is 2.07. The SMILES string of the molecule is OCCC#Cc1cccc(COc2c(F)cccc2F)c1. The number of halogens is 2. The number of aliphatic hydroxyl groups excluding tert-OH is 1. The second kappa shape index (κ2) is 7.41. The van der Waals surface area contributed by atoms with Gasteiger partial charge in [0, 0.05) is 12.0 Å². The van der Waals surface area contributed by atoms with Gasteiger partial charge in [-0.25, -0.2) is 8.78 Å². The van der Waals surface area contributed by atoms with Gasteiger partial charge >= 0.3 is 0 Å². The van der Waals surface area contributed by atoms with Gasteiger partial charge in [0.2, 0.25) is 0 Å².